The summed E-state index contributed by atoms with van der Waals surface area (Å²) in [6.07, 6.45) is 2.42. The molecule has 0 N–H and O–H groups in total. The average Bonchev–Trinajstić information content (AvgIpc) is 2.99. The Morgan fingerprint density at radius 2 is 2.14 bits per heavy atom. The molecule has 2 rings (SSSR count). The molecule has 0 spiro atoms. The third-order valence-corrected chi connectivity index (χ3v) is 2.71. The van der Waals surface area contributed by atoms with Crippen LogP contribution in [0.3, 0.4) is 0 Å². The predicted octanol–water partition coefficient (Wildman–Crippen LogP) is 4.10. The van der Waals surface area contributed by atoms with Crippen molar-refractivity contribution < 1.29 is 0 Å². The second-order valence-electron chi connectivity index (χ2n) is 3.55. The van der Waals surface area contributed by atoms with Crippen LogP contribution in [0.15, 0.2) is 29.4 Å². The van der Waals surface area contributed by atoms with Gasteiger partial charge in [-0.15, -0.1) is 0 Å². The minimum absolute atomic E-state index is 0.667. The van der Waals surface area contributed by atoms with Gasteiger partial charge < -0.3 is 0 Å². The molecule has 0 heterocycles. The summed E-state index contributed by atoms with van der Waals surface area (Å²) in [4.78, 5) is 2.75. The molecule has 3 nitrogen and oxygen atoms in total. The van der Waals surface area contributed by atoms with Crippen molar-refractivity contribution in [1.29, 1.82) is 0 Å². The lowest BCUT2D eigenvalue weighted by molar-refractivity contribution is 1.02. The van der Waals surface area contributed by atoms with Gasteiger partial charge in [0.2, 0.25) is 0 Å². The monoisotopic (exact) mass is 186 g/mol. The van der Waals surface area contributed by atoms with Gasteiger partial charge in [0, 0.05) is 10.6 Å². The molecule has 71 valence electrons. The molecule has 0 saturated heterocycles. The van der Waals surface area contributed by atoms with Crippen molar-refractivity contribution in [3.05, 3.63) is 46.2 Å². The van der Waals surface area contributed by atoms with Gasteiger partial charge in [-0.3, -0.25) is 0 Å². The molecular formula is C11H12N3. The minimum Gasteiger partial charge on any atom is -0.0648 e. The largest absolute Gasteiger partial charge is 0.0648 e. The van der Waals surface area contributed by atoms with Crippen molar-refractivity contribution in [2.24, 2.45) is 5.11 Å². The highest BCUT2D eigenvalue weighted by atomic mass is 15.1. The van der Waals surface area contributed by atoms with Crippen LogP contribution in [0.1, 0.15) is 31.2 Å². The fourth-order valence-electron chi connectivity index (χ4n) is 1.77. The second-order valence-corrected chi connectivity index (χ2v) is 3.55. The summed E-state index contributed by atoms with van der Waals surface area (Å²) in [7, 11) is 0. The topological polar surface area (TPSA) is 48.8 Å². The van der Waals surface area contributed by atoms with E-state index in [9.17, 15) is 0 Å². The van der Waals surface area contributed by atoms with Gasteiger partial charge in [-0.05, 0) is 35.8 Å². The Labute approximate surface area is 83.4 Å². The van der Waals surface area contributed by atoms with Crippen molar-refractivity contribution in [3.63, 3.8) is 0 Å². The molecular weight excluding hydrogens is 174 g/mol. The molecule has 1 aliphatic carbocycles. The highest BCUT2D eigenvalue weighted by Gasteiger charge is 2.36. The number of azide groups is 1. The van der Waals surface area contributed by atoms with Crippen LogP contribution in [0.5, 0.6) is 0 Å². The molecule has 3 heteroatoms. The van der Waals surface area contributed by atoms with Crippen molar-refractivity contribution in [3.8, 4) is 0 Å². The molecule has 0 amide bonds. The van der Waals surface area contributed by atoms with Crippen molar-refractivity contribution in [1.82, 2.24) is 0 Å². The van der Waals surface area contributed by atoms with E-state index in [1.165, 1.54) is 18.4 Å². The Kier molecular flexibility index (Phi) is 2.42. The quantitative estimate of drug-likeness (QED) is 0.387. The Bertz CT molecular complexity index is 363. The molecule has 1 fully saturated rings. The van der Waals surface area contributed by atoms with Gasteiger partial charge in [-0.1, -0.05) is 36.3 Å². The van der Waals surface area contributed by atoms with Gasteiger partial charge in [-0.2, -0.15) is 0 Å². The lowest BCUT2D eigenvalue weighted by Gasteiger charge is -1.98. The fourth-order valence-corrected chi connectivity index (χ4v) is 1.77. The highest BCUT2D eigenvalue weighted by molar-refractivity contribution is 5.44. The molecule has 1 aliphatic rings. The molecule has 1 aromatic rings. The van der Waals surface area contributed by atoms with Crippen molar-refractivity contribution >= 4 is 5.69 Å². The van der Waals surface area contributed by atoms with Gasteiger partial charge in [0.1, 0.15) is 0 Å². The number of nitrogens with zero attached hydrogens (tertiary/aromatic N) is 3. The maximum atomic E-state index is 8.24. The molecule has 1 aromatic carbocycles. The Balaban J connectivity index is 2.11. The summed E-state index contributed by atoms with van der Waals surface area (Å²) in [6.45, 7) is 2.20. The highest BCUT2D eigenvalue weighted by Crippen LogP contribution is 2.51. The Morgan fingerprint density at radius 1 is 1.43 bits per heavy atom. The molecule has 1 saturated carbocycles. The van der Waals surface area contributed by atoms with E-state index in [4.69, 9.17) is 5.53 Å². The first kappa shape index (κ1) is 9.10. The third-order valence-electron chi connectivity index (χ3n) is 2.71. The first-order chi connectivity index (χ1) is 6.85. The Hall–Kier alpha value is -1.47. The summed E-state index contributed by atoms with van der Waals surface area (Å²) in [6, 6.07) is 7.86. The van der Waals surface area contributed by atoms with Crippen LogP contribution in [0.2, 0.25) is 0 Å². The van der Waals surface area contributed by atoms with E-state index in [2.05, 4.69) is 29.1 Å². The van der Waals surface area contributed by atoms with Gasteiger partial charge in [0.15, 0.2) is 0 Å². The maximum Gasteiger partial charge on any atom is 0.0375 e. The molecule has 0 aliphatic heterocycles. The van der Waals surface area contributed by atoms with E-state index in [-0.39, 0.29) is 0 Å². The molecule has 1 atom stereocenters. The standard InChI is InChI=1S/C11H12N3/c1-2-8-7-11(8)9-3-5-10(6-4-9)13-14-12/h3-6,11H,2,7H2,1H3. The normalized spacial score (nSPS) is 20.2. The number of hydrogen-bond acceptors (Lipinski definition) is 1. The van der Waals surface area contributed by atoms with Crippen LogP contribution < -0.4 is 0 Å². The molecule has 1 radical (unpaired) electrons. The fraction of sp³-hybridized carbons (Fsp3) is 0.364. The SMILES string of the molecule is CC[C]1CC1c1ccc(N=[N+]=[N-])cc1. The summed E-state index contributed by atoms with van der Waals surface area (Å²) in [5.41, 5.74) is 10.3. The number of rotatable bonds is 3. The van der Waals surface area contributed by atoms with E-state index < -0.39 is 0 Å². The van der Waals surface area contributed by atoms with Gasteiger partial charge in [0.25, 0.3) is 0 Å². The summed E-state index contributed by atoms with van der Waals surface area (Å²) >= 11 is 0. The van der Waals surface area contributed by atoms with Crippen LogP contribution in [-0.2, 0) is 0 Å². The van der Waals surface area contributed by atoms with Crippen LogP contribution >= 0.6 is 0 Å². The summed E-state index contributed by atoms with van der Waals surface area (Å²) in [5, 5.41) is 3.54. The molecule has 0 aromatic heterocycles. The zero-order chi connectivity index (χ0) is 9.97. The third kappa shape index (κ3) is 1.73. The zero-order valence-electron chi connectivity index (χ0n) is 8.14. The van der Waals surface area contributed by atoms with Crippen LogP contribution in [-0.4, -0.2) is 0 Å². The van der Waals surface area contributed by atoms with Gasteiger partial charge in [-0.25, -0.2) is 0 Å². The average molecular weight is 186 g/mol. The van der Waals surface area contributed by atoms with Crippen LogP contribution in [0.4, 0.5) is 5.69 Å². The number of benzene rings is 1. The zero-order valence-corrected chi connectivity index (χ0v) is 8.14. The number of hydrogen-bond donors (Lipinski definition) is 0. The molecule has 1 unspecified atom stereocenters. The van der Waals surface area contributed by atoms with E-state index in [0.29, 0.717) is 11.6 Å². The van der Waals surface area contributed by atoms with E-state index >= 15 is 0 Å². The lowest BCUT2D eigenvalue weighted by Crippen LogP contribution is -1.79. The van der Waals surface area contributed by atoms with Gasteiger partial charge >= 0.3 is 0 Å². The first-order valence-electron chi connectivity index (χ1n) is 4.84. The van der Waals surface area contributed by atoms with Crippen molar-refractivity contribution in [2.45, 2.75) is 25.7 Å². The maximum absolute atomic E-state index is 8.24. The Morgan fingerprint density at radius 3 is 2.64 bits per heavy atom. The summed E-state index contributed by atoms with van der Waals surface area (Å²) in [5.74, 6) is 2.29. The summed E-state index contributed by atoms with van der Waals surface area (Å²) < 4.78 is 0. The first-order valence-corrected chi connectivity index (χ1v) is 4.84. The molecule has 0 bridgehead atoms. The lowest BCUT2D eigenvalue weighted by atomic mass is 10.1. The van der Waals surface area contributed by atoms with Crippen LogP contribution in [0.25, 0.3) is 10.4 Å². The van der Waals surface area contributed by atoms with Crippen molar-refractivity contribution in [2.75, 3.05) is 0 Å². The smallest absolute Gasteiger partial charge is 0.0375 e. The predicted molar refractivity (Wildman–Crippen MR) is 56.1 cm³/mol. The van der Waals surface area contributed by atoms with E-state index in [1.807, 2.05) is 12.1 Å². The van der Waals surface area contributed by atoms with E-state index in [1.54, 1.807) is 5.92 Å². The second kappa shape index (κ2) is 3.72. The minimum atomic E-state index is 0.667. The van der Waals surface area contributed by atoms with Crippen LogP contribution in [0, 0.1) is 5.92 Å². The molecule has 14 heavy (non-hydrogen) atoms. The van der Waals surface area contributed by atoms with E-state index in [0.717, 1.165) is 0 Å². The van der Waals surface area contributed by atoms with Gasteiger partial charge in [0.05, 0.1) is 0 Å².